The van der Waals surface area contributed by atoms with Crippen LogP contribution in [0.5, 0.6) is 0 Å². The summed E-state index contributed by atoms with van der Waals surface area (Å²) in [4.78, 5) is 2.43. The van der Waals surface area contributed by atoms with E-state index in [0.29, 0.717) is 6.04 Å². The highest BCUT2D eigenvalue weighted by atomic mass is 79.9. The highest BCUT2D eigenvalue weighted by molar-refractivity contribution is 9.10. The zero-order chi connectivity index (χ0) is 13.9. The van der Waals surface area contributed by atoms with Gasteiger partial charge in [-0.2, -0.15) is 5.10 Å². The maximum absolute atomic E-state index is 4.40. The van der Waals surface area contributed by atoms with Crippen LogP contribution in [-0.4, -0.2) is 28.9 Å². The monoisotopic (exact) mass is 334 g/mol. The third-order valence-corrected chi connectivity index (χ3v) is 4.39. The molecule has 1 aromatic carbocycles. The molecular weight excluding hydrogens is 316 g/mol. The Bertz CT molecular complexity index is 581. The molecule has 2 heterocycles. The van der Waals surface area contributed by atoms with E-state index in [9.17, 15) is 0 Å². The highest BCUT2D eigenvalue weighted by Gasteiger charge is 2.23. The molecule has 1 aliphatic rings. The minimum atomic E-state index is 0.532. The predicted molar refractivity (Wildman–Crippen MR) is 84.8 cm³/mol. The van der Waals surface area contributed by atoms with Gasteiger partial charge in [0.2, 0.25) is 0 Å². The molecule has 0 aliphatic carbocycles. The van der Waals surface area contributed by atoms with Gasteiger partial charge < -0.3 is 10.2 Å². The molecule has 1 fully saturated rings. The van der Waals surface area contributed by atoms with Gasteiger partial charge in [-0.15, -0.1) is 0 Å². The van der Waals surface area contributed by atoms with Gasteiger partial charge in [-0.1, -0.05) is 12.1 Å². The molecular formula is C15H19BrN4. The molecule has 0 spiro atoms. The Morgan fingerprint density at radius 1 is 1.35 bits per heavy atom. The predicted octanol–water partition coefficient (Wildman–Crippen LogP) is 2.55. The lowest BCUT2D eigenvalue weighted by Gasteiger charge is -2.20. The van der Waals surface area contributed by atoms with Crippen molar-refractivity contribution in [1.29, 1.82) is 0 Å². The molecule has 0 bridgehead atoms. The minimum Gasteiger partial charge on any atom is -0.369 e. The van der Waals surface area contributed by atoms with E-state index in [1.807, 2.05) is 17.9 Å². The van der Waals surface area contributed by atoms with Crippen molar-refractivity contribution in [3.8, 4) is 0 Å². The standard InChI is InChI=1S/C15H19BrN4/c1-19-8-6-12(18-19)10-17-13-7-9-20(11-13)15-5-3-2-4-14(15)16/h2-6,8,13,17H,7,9-11H2,1H3/t13-/m0/s1. The summed E-state index contributed by atoms with van der Waals surface area (Å²) >= 11 is 3.63. The first kappa shape index (κ1) is 13.6. The highest BCUT2D eigenvalue weighted by Crippen LogP contribution is 2.28. The number of aromatic nitrogens is 2. The maximum atomic E-state index is 4.40. The lowest BCUT2D eigenvalue weighted by Crippen LogP contribution is -2.32. The Morgan fingerprint density at radius 2 is 2.20 bits per heavy atom. The summed E-state index contributed by atoms with van der Waals surface area (Å²) < 4.78 is 3.02. The summed E-state index contributed by atoms with van der Waals surface area (Å²) in [5, 5.41) is 7.99. The van der Waals surface area contributed by atoms with Gasteiger partial charge in [0.15, 0.2) is 0 Å². The van der Waals surface area contributed by atoms with Crippen molar-refractivity contribution in [2.24, 2.45) is 7.05 Å². The van der Waals surface area contributed by atoms with Crippen LogP contribution in [0.2, 0.25) is 0 Å². The topological polar surface area (TPSA) is 33.1 Å². The summed E-state index contributed by atoms with van der Waals surface area (Å²) in [5.41, 5.74) is 2.39. The molecule has 106 valence electrons. The van der Waals surface area contributed by atoms with E-state index in [0.717, 1.165) is 25.3 Å². The molecule has 0 radical (unpaired) electrons. The zero-order valence-corrected chi connectivity index (χ0v) is 13.2. The van der Waals surface area contributed by atoms with Crippen LogP contribution < -0.4 is 10.2 Å². The lowest BCUT2D eigenvalue weighted by molar-refractivity contribution is 0.541. The fourth-order valence-corrected chi connectivity index (χ4v) is 3.20. The lowest BCUT2D eigenvalue weighted by atomic mass is 10.2. The van der Waals surface area contributed by atoms with E-state index in [1.54, 1.807) is 0 Å². The number of anilines is 1. The third kappa shape index (κ3) is 3.04. The minimum absolute atomic E-state index is 0.532. The second-order valence-corrected chi connectivity index (χ2v) is 6.10. The number of halogens is 1. The van der Waals surface area contributed by atoms with Crippen molar-refractivity contribution in [2.75, 3.05) is 18.0 Å². The van der Waals surface area contributed by atoms with E-state index in [4.69, 9.17) is 0 Å². The van der Waals surface area contributed by atoms with Gasteiger partial charge in [-0.3, -0.25) is 4.68 Å². The number of para-hydroxylation sites is 1. The van der Waals surface area contributed by atoms with Gasteiger partial charge in [0, 0.05) is 43.4 Å². The molecule has 20 heavy (non-hydrogen) atoms. The molecule has 1 atom stereocenters. The van der Waals surface area contributed by atoms with Crippen molar-refractivity contribution in [1.82, 2.24) is 15.1 Å². The second-order valence-electron chi connectivity index (χ2n) is 5.24. The van der Waals surface area contributed by atoms with Crippen LogP contribution in [-0.2, 0) is 13.6 Å². The van der Waals surface area contributed by atoms with E-state index in [-0.39, 0.29) is 0 Å². The molecule has 1 aromatic heterocycles. The number of hydrogen-bond donors (Lipinski definition) is 1. The Morgan fingerprint density at radius 3 is 2.95 bits per heavy atom. The fraction of sp³-hybridized carbons (Fsp3) is 0.400. The van der Waals surface area contributed by atoms with Gasteiger partial charge in [-0.25, -0.2) is 0 Å². The van der Waals surface area contributed by atoms with Crippen molar-refractivity contribution in [3.05, 3.63) is 46.7 Å². The summed E-state index contributed by atoms with van der Waals surface area (Å²) in [6, 6.07) is 11.0. The Labute approximate surface area is 127 Å². The maximum Gasteiger partial charge on any atom is 0.0762 e. The summed E-state index contributed by atoms with van der Waals surface area (Å²) in [5.74, 6) is 0. The largest absolute Gasteiger partial charge is 0.369 e. The van der Waals surface area contributed by atoms with Gasteiger partial charge in [-0.05, 0) is 40.5 Å². The first-order chi connectivity index (χ1) is 9.72. The van der Waals surface area contributed by atoms with Gasteiger partial charge >= 0.3 is 0 Å². The summed E-state index contributed by atoms with van der Waals surface area (Å²) in [6.07, 6.45) is 3.16. The third-order valence-electron chi connectivity index (χ3n) is 3.72. The molecule has 5 heteroatoms. The van der Waals surface area contributed by atoms with Crippen LogP contribution >= 0.6 is 15.9 Å². The van der Waals surface area contributed by atoms with E-state index in [1.165, 1.54) is 16.6 Å². The number of hydrogen-bond acceptors (Lipinski definition) is 3. The quantitative estimate of drug-likeness (QED) is 0.932. The van der Waals surface area contributed by atoms with Crippen molar-refractivity contribution in [2.45, 2.75) is 19.0 Å². The van der Waals surface area contributed by atoms with Gasteiger partial charge in [0.25, 0.3) is 0 Å². The molecule has 0 amide bonds. The Kier molecular flexibility index (Phi) is 4.08. The van der Waals surface area contributed by atoms with E-state index >= 15 is 0 Å². The molecule has 1 aliphatic heterocycles. The van der Waals surface area contributed by atoms with Crippen molar-refractivity contribution < 1.29 is 0 Å². The molecule has 0 unspecified atom stereocenters. The normalized spacial score (nSPS) is 18.7. The zero-order valence-electron chi connectivity index (χ0n) is 11.6. The van der Waals surface area contributed by atoms with Gasteiger partial charge in [0.05, 0.1) is 11.4 Å². The number of nitrogens with zero attached hydrogens (tertiary/aromatic N) is 3. The molecule has 4 nitrogen and oxygen atoms in total. The molecule has 2 aromatic rings. The molecule has 3 rings (SSSR count). The summed E-state index contributed by atoms with van der Waals surface area (Å²) in [6.45, 7) is 2.99. The number of rotatable bonds is 4. The first-order valence-electron chi connectivity index (χ1n) is 6.94. The average molecular weight is 335 g/mol. The molecule has 0 saturated carbocycles. The van der Waals surface area contributed by atoms with Crippen molar-refractivity contribution >= 4 is 21.6 Å². The van der Waals surface area contributed by atoms with Crippen LogP contribution in [0.3, 0.4) is 0 Å². The van der Waals surface area contributed by atoms with Crippen LogP contribution in [0.25, 0.3) is 0 Å². The molecule has 1 saturated heterocycles. The Hall–Kier alpha value is -1.33. The second kappa shape index (κ2) is 5.97. The number of benzene rings is 1. The van der Waals surface area contributed by atoms with Crippen LogP contribution in [0.4, 0.5) is 5.69 Å². The molecule has 1 N–H and O–H groups in total. The number of aryl methyl sites for hydroxylation is 1. The Balaban J connectivity index is 1.56. The van der Waals surface area contributed by atoms with Crippen LogP contribution in [0.1, 0.15) is 12.1 Å². The SMILES string of the molecule is Cn1ccc(CN[C@H]2CCN(c3ccccc3Br)C2)n1. The summed E-state index contributed by atoms with van der Waals surface area (Å²) in [7, 11) is 1.95. The van der Waals surface area contributed by atoms with Crippen LogP contribution in [0.15, 0.2) is 41.0 Å². The number of nitrogens with one attached hydrogen (secondary N) is 1. The smallest absolute Gasteiger partial charge is 0.0762 e. The average Bonchev–Trinajstić information content (AvgIpc) is 3.06. The van der Waals surface area contributed by atoms with Crippen molar-refractivity contribution in [3.63, 3.8) is 0 Å². The van der Waals surface area contributed by atoms with Gasteiger partial charge in [0.1, 0.15) is 0 Å². The van der Waals surface area contributed by atoms with E-state index < -0.39 is 0 Å². The van der Waals surface area contributed by atoms with E-state index in [2.05, 4.69) is 61.6 Å². The first-order valence-corrected chi connectivity index (χ1v) is 7.73. The van der Waals surface area contributed by atoms with Crippen LogP contribution in [0, 0.1) is 0 Å². The fourth-order valence-electron chi connectivity index (χ4n) is 2.66.